The molecule has 2 aliphatic rings. The number of carbonyl (C=O) groups is 1. The zero-order valence-corrected chi connectivity index (χ0v) is 12.1. The number of anilines is 1. The standard InChI is InChI=1S/C14H18N2O3S/c1-8-5-6-9(7-12(8)20(15,18)19)16-14(17)13-10-3-2-4-11(10)13/h5-7,10-11,13H,2-4H2,1H3,(H,16,17)(H2,15,18,19). The summed E-state index contributed by atoms with van der Waals surface area (Å²) >= 11 is 0. The van der Waals surface area contributed by atoms with E-state index in [1.807, 2.05) is 0 Å². The number of nitrogens with one attached hydrogen (secondary N) is 1. The molecule has 6 heteroatoms. The lowest BCUT2D eigenvalue weighted by atomic mass is 10.1. The predicted octanol–water partition coefficient (Wildman–Crippen LogP) is 1.63. The number of benzene rings is 1. The lowest BCUT2D eigenvalue weighted by Gasteiger charge is -2.09. The van der Waals surface area contributed by atoms with Gasteiger partial charge in [-0.05, 0) is 49.3 Å². The number of primary sulfonamides is 1. The summed E-state index contributed by atoms with van der Waals surface area (Å²) in [6, 6.07) is 4.80. The summed E-state index contributed by atoms with van der Waals surface area (Å²) in [5, 5.41) is 7.98. The molecule has 2 atom stereocenters. The van der Waals surface area contributed by atoms with E-state index < -0.39 is 10.0 Å². The van der Waals surface area contributed by atoms with E-state index in [1.54, 1.807) is 19.1 Å². The number of amides is 1. The fraction of sp³-hybridized carbons (Fsp3) is 0.500. The quantitative estimate of drug-likeness (QED) is 0.887. The van der Waals surface area contributed by atoms with Crippen molar-refractivity contribution in [1.82, 2.24) is 0 Å². The molecule has 3 N–H and O–H groups in total. The van der Waals surface area contributed by atoms with Gasteiger partial charge in [0.05, 0.1) is 4.90 Å². The second-order valence-corrected chi connectivity index (χ2v) is 7.33. The van der Waals surface area contributed by atoms with Crippen LogP contribution in [0.2, 0.25) is 0 Å². The Morgan fingerprint density at radius 2 is 1.95 bits per heavy atom. The largest absolute Gasteiger partial charge is 0.326 e. The molecular weight excluding hydrogens is 276 g/mol. The number of sulfonamides is 1. The van der Waals surface area contributed by atoms with Crippen molar-refractivity contribution in [1.29, 1.82) is 0 Å². The summed E-state index contributed by atoms with van der Waals surface area (Å²) in [7, 11) is -3.76. The van der Waals surface area contributed by atoms with Crippen LogP contribution in [0.15, 0.2) is 23.1 Å². The molecule has 0 aromatic heterocycles. The summed E-state index contributed by atoms with van der Waals surface area (Å²) in [5.41, 5.74) is 1.07. The highest BCUT2D eigenvalue weighted by molar-refractivity contribution is 7.89. The van der Waals surface area contributed by atoms with E-state index in [0.29, 0.717) is 23.1 Å². The summed E-state index contributed by atoms with van der Waals surface area (Å²) in [5.74, 6) is 1.20. The van der Waals surface area contributed by atoms with Gasteiger partial charge in [-0.2, -0.15) is 0 Å². The van der Waals surface area contributed by atoms with Crippen LogP contribution < -0.4 is 10.5 Å². The highest BCUT2D eigenvalue weighted by Crippen LogP contribution is 2.57. The first kappa shape index (κ1) is 13.6. The van der Waals surface area contributed by atoms with Gasteiger partial charge in [-0.25, -0.2) is 13.6 Å². The van der Waals surface area contributed by atoms with Gasteiger partial charge in [0.25, 0.3) is 0 Å². The van der Waals surface area contributed by atoms with Crippen molar-refractivity contribution in [2.45, 2.75) is 31.1 Å². The summed E-state index contributed by atoms with van der Waals surface area (Å²) < 4.78 is 22.9. The monoisotopic (exact) mass is 294 g/mol. The SMILES string of the molecule is Cc1ccc(NC(=O)C2C3CCCC32)cc1S(N)(=O)=O. The Hall–Kier alpha value is -1.40. The van der Waals surface area contributed by atoms with Gasteiger partial charge in [0.15, 0.2) is 0 Å². The number of nitrogens with two attached hydrogens (primary N) is 1. The Morgan fingerprint density at radius 3 is 2.55 bits per heavy atom. The van der Waals surface area contributed by atoms with Crippen molar-refractivity contribution < 1.29 is 13.2 Å². The van der Waals surface area contributed by atoms with Gasteiger partial charge in [-0.15, -0.1) is 0 Å². The van der Waals surface area contributed by atoms with Gasteiger partial charge in [0.1, 0.15) is 0 Å². The van der Waals surface area contributed by atoms with Gasteiger partial charge in [0, 0.05) is 11.6 Å². The fourth-order valence-corrected chi connectivity index (χ4v) is 4.23. The lowest BCUT2D eigenvalue weighted by Crippen LogP contribution is -2.18. The number of fused-ring (bicyclic) bond motifs is 1. The van der Waals surface area contributed by atoms with E-state index in [9.17, 15) is 13.2 Å². The minimum atomic E-state index is -3.76. The Bertz CT molecular complexity index is 659. The van der Waals surface area contributed by atoms with Crippen LogP contribution in [0.3, 0.4) is 0 Å². The number of hydrogen-bond acceptors (Lipinski definition) is 3. The van der Waals surface area contributed by atoms with Crippen molar-refractivity contribution in [3.63, 3.8) is 0 Å². The van der Waals surface area contributed by atoms with Gasteiger partial charge in [-0.3, -0.25) is 4.79 Å². The fourth-order valence-electron chi connectivity index (χ4n) is 3.42. The molecule has 0 bridgehead atoms. The third-order valence-electron chi connectivity index (χ3n) is 4.47. The number of carbonyl (C=O) groups excluding carboxylic acids is 1. The Kier molecular flexibility index (Phi) is 3.10. The highest BCUT2D eigenvalue weighted by atomic mass is 32.2. The zero-order valence-electron chi connectivity index (χ0n) is 11.3. The lowest BCUT2D eigenvalue weighted by molar-refractivity contribution is -0.118. The van der Waals surface area contributed by atoms with Crippen molar-refractivity contribution >= 4 is 21.6 Å². The van der Waals surface area contributed by atoms with E-state index in [0.717, 1.165) is 12.8 Å². The summed E-state index contributed by atoms with van der Waals surface area (Å²) in [6.45, 7) is 1.68. The molecule has 2 unspecified atom stereocenters. The maximum atomic E-state index is 12.1. The van der Waals surface area contributed by atoms with E-state index in [1.165, 1.54) is 12.5 Å². The second-order valence-electron chi connectivity index (χ2n) is 5.80. The first-order chi connectivity index (χ1) is 9.38. The highest BCUT2D eigenvalue weighted by Gasteiger charge is 2.56. The molecule has 0 heterocycles. The van der Waals surface area contributed by atoms with Gasteiger partial charge < -0.3 is 5.32 Å². The molecule has 2 aliphatic carbocycles. The first-order valence-electron chi connectivity index (χ1n) is 6.82. The smallest absolute Gasteiger partial charge is 0.238 e. The van der Waals surface area contributed by atoms with Crippen LogP contribution in [-0.2, 0) is 14.8 Å². The van der Waals surface area contributed by atoms with Crippen LogP contribution >= 0.6 is 0 Å². The van der Waals surface area contributed by atoms with Crippen molar-refractivity contribution in [3.05, 3.63) is 23.8 Å². The molecule has 20 heavy (non-hydrogen) atoms. The zero-order chi connectivity index (χ0) is 14.5. The third-order valence-corrected chi connectivity index (χ3v) is 5.52. The average Bonchev–Trinajstić information content (AvgIpc) is 2.84. The molecule has 5 nitrogen and oxygen atoms in total. The topological polar surface area (TPSA) is 89.3 Å². The first-order valence-corrected chi connectivity index (χ1v) is 8.37. The summed E-state index contributed by atoms with van der Waals surface area (Å²) in [4.78, 5) is 12.2. The van der Waals surface area contributed by atoms with Gasteiger partial charge in [0.2, 0.25) is 15.9 Å². The molecule has 0 saturated heterocycles. The second kappa shape index (κ2) is 4.56. The minimum Gasteiger partial charge on any atom is -0.326 e. The number of hydrogen-bond donors (Lipinski definition) is 2. The van der Waals surface area contributed by atoms with E-state index in [4.69, 9.17) is 5.14 Å². The van der Waals surface area contributed by atoms with Crippen molar-refractivity contribution in [2.75, 3.05) is 5.32 Å². The molecule has 0 aliphatic heterocycles. The Morgan fingerprint density at radius 1 is 1.30 bits per heavy atom. The molecule has 1 aromatic carbocycles. The molecule has 108 valence electrons. The molecule has 2 fully saturated rings. The minimum absolute atomic E-state index is 0.00363. The molecule has 0 radical (unpaired) electrons. The molecule has 0 spiro atoms. The number of aryl methyl sites for hydroxylation is 1. The van der Waals surface area contributed by atoms with Gasteiger partial charge >= 0.3 is 0 Å². The van der Waals surface area contributed by atoms with Crippen LogP contribution in [0.5, 0.6) is 0 Å². The molecule has 1 amide bonds. The molecule has 1 aromatic rings. The third kappa shape index (κ3) is 2.33. The van der Waals surface area contributed by atoms with Crippen LogP contribution in [0, 0.1) is 24.7 Å². The predicted molar refractivity (Wildman–Crippen MR) is 75.5 cm³/mol. The molecule has 2 saturated carbocycles. The van der Waals surface area contributed by atoms with Crippen LogP contribution in [0.4, 0.5) is 5.69 Å². The Labute approximate surface area is 118 Å². The van der Waals surface area contributed by atoms with Crippen LogP contribution in [-0.4, -0.2) is 14.3 Å². The normalized spacial score (nSPS) is 28.0. The molecular formula is C14H18N2O3S. The van der Waals surface area contributed by atoms with Crippen molar-refractivity contribution in [2.24, 2.45) is 22.9 Å². The van der Waals surface area contributed by atoms with Crippen molar-refractivity contribution in [3.8, 4) is 0 Å². The van der Waals surface area contributed by atoms with Crippen LogP contribution in [0.1, 0.15) is 24.8 Å². The van der Waals surface area contributed by atoms with Gasteiger partial charge in [-0.1, -0.05) is 12.5 Å². The summed E-state index contributed by atoms with van der Waals surface area (Å²) in [6.07, 6.45) is 3.50. The van der Waals surface area contributed by atoms with E-state index >= 15 is 0 Å². The average molecular weight is 294 g/mol. The Balaban J connectivity index is 1.77. The van der Waals surface area contributed by atoms with Crippen LogP contribution in [0.25, 0.3) is 0 Å². The maximum Gasteiger partial charge on any atom is 0.238 e. The van der Waals surface area contributed by atoms with E-state index in [-0.39, 0.29) is 16.7 Å². The van der Waals surface area contributed by atoms with E-state index in [2.05, 4.69) is 5.32 Å². The molecule has 3 rings (SSSR count). The maximum absolute atomic E-state index is 12.1. The number of rotatable bonds is 3.